The third-order valence-corrected chi connectivity index (χ3v) is 3.08. The van der Waals surface area contributed by atoms with E-state index in [1.54, 1.807) is 0 Å². The summed E-state index contributed by atoms with van der Waals surface area (Å²) in [5.41, 5.74) is 0.860. The highest BCUT2D eigenvalue weighted by Crippen LogP contribution is 2.34. The van der Waals surface area contributed by atoms with Gasteiger partial charge in [-0.1, -0.05) is 6.07 Å². The molecule has 6 heteroatoms. The predicted octanol–water partition coefficient (Wildman–Crippen LogP) is 3.21. The molecule has 2 N–H and O–H groups in total. The van der Waals surface area contributed by atoms with E-state index < -0.39 is 29.4 Å². The standard InChI is InChI=1S/C14H9F3N2O/c15-7-2-4-11(10(17)5-7)18-13-9-3-1-8(16)6-12(9)19-14(13)20/h1-6,13,18H,(H,19,20). The molecule has 1 amide bonds. The van der Waals surface area contributed by atoms with Crippen LogP contribution in [0.3, 0.4) is 0 Å². The Labute approximate surface area is 112 Å². The minimum Gasteiger partial charge on any atom is -0.368 e. The number of anilines is 2. The molecule has 1 heterocycles. The smallest absolute Gasteiger partial charge is 0.251 e. The van der Waals surface area contributed by atoms with Gasteiger partial charge in [-0.15, -0.1) is 0 Å². The molecule has 102 valence electrons. The van der Waals surface area contributed by atoms with Crippen molar-refractivity contribution in [2.75, 3.05) is 10.6 Å². The molecule has 0 bridgehead atoms. The molecular formula is C14H9F3N2O. The van der Waals surface area contributed by atoms with Crippen LogP contribution >= 0.6 is 0 Å². The van der Waals surface area contributed by atoms with Gasteiger partial charge in [0, 0.05) is 17.3 Å². The van der Waals surface area contributed by atoms with Crippen molar-refractivity contribution < 1.29 is 18.0 Å². The average Bonchev–Trinajstić information content (AvgIpc) is 2.68. The fraction of sp³-hybridized carbons (Fsp3) is 0.0714. The first kappa shape index (κ1) is 12.5. The number of carbonyl (C=O) groups excluding carboxylic acids is 1. The topological polar surface area (TPSA) is 41.1 Å². The van der Waals surface area contributed by atoms with Crippen molar-refractivity contribution in [3.8, 4) is 0 Å². The lowest BCUT2D eigenvalue weighted by Gasteiger charge is -2.13. The number of rotatable bonds is 2. The van der Waals surface area contributed by atoms with Crippen molar-refractivity contribution in [2.24, 2.45) is 0 Å². The van der Waals surface area contributed by atoms with Crippen molar-refractivity contribution in [3.63, 3.8) is 0 Å². The third-order valence-electron chi connectivity index (χ3n) is 3.08. The highest BCUT2D eigenvalue weighted by Gasteiger charge is 2.31. The third kappa shape index (κ3) is 2.09. The Morgan fingerprint density at radius 3 is 2.45 bits per heavy atom. The summed E-state index contributed by atoms with van der Waals surface area (Å²) in [6.45, 7) is 0. The van der Waals surface area contributed by atoms with Crippen LogP contribution in [-0.4, -0.2) is 5.91 Å². The van der Waals surface area contributed by atoms with Gasteiger partial charge in [0.15, 0.2) is 0 Å². The Morgan fingerprint density at radius 1 is 1.00 bits per heavy atom. The van der Waals surface area contributed by atoms with Crippen LogP contribution in [0.1, 0.15) is 11.6 Å². The molecule has 2 aromatic rings. The van der Waals surface area contributed by atoms with Crippen LogP contribution in [0.25, 0.3) is 0 Å². The van der Waals surface area contributed by atoms with E-state index in [0.717, 1.165) is 12.1 Å². The maximum atomic E-state index is 13.6. The van der Waals surface area contributed by atoms with E-state index in [4.69, 9.17) is 0 Å². The SMILES string of the molecule is O=C1Nc2cc(F)ccc2C1Nc1ccc(F)cc1F. The summed E-state index contributed by atoms with van der Waals surface area (Å²) in [5.74, 6) is -2.40. The summed E-state index contributed by atoms with van der Waals surface area (Å²) in [4.78, 5) is 11.8. The summed E-state index contributed by atoms with van der Waals surface area (Å²) < 4.78 is 39.5. The Balaban J connectivity index is 1.94. The van der Waals surface area contributed by atoms with Gasteiger partial charge in [0.25, 0.3) is 5.91 Å². The highest BCUT2D eigenvalue weighted by atomic mass is 19.1. The lowest BCUT2D eigenvalue weighted by atomic mass is 10.1. The number of halogens is 3. The summed E-state index contributed by atoms with van der Waals surface area (Å²) in [5, 5.41) is 5.19. The Kier molecular flexibility index (Phi) is 2.85. The largest absolute Gasteiger partial charge is 0.368 e. The molecule has 1 unspecified atom stereocenters. The summed E-state index contributed by atoms with van der Waals surface area (Å²) in [7, 11) is 0. The average molecular weight is 278 g/mol. The van der Waals surface area contributed by atoms with Crippen LogP contribution in [0, 0.1) is 17.5 Å². The van der Waals surface area contributed by atoms with E-state index in [-0.39, 0.29) is 5.69 Å². The zero-order valence-electron chi connectivity index (χ0n) is 10.1. The van der Waals surface area contributed by atoms with Crippen molar-refractivity contribution in [1.82, 2.24) is 0 Å². The number of carbonyl (C=O) groups is 1. The zero-order valence-corrected chi connectivity index (χ0v) is 10.1. The summed E-state index contributed by atoms with van der Waals surface area (Å²) >= 11 is 0. The van der Waals surface area contributed by atoms with Gasteiger partial charge in [-0.25, -0.2) is 13.2 Å². The van der Waals surface area contributed by atoms with Gasteiger partial charge in [0.2, 0.25) is 0 Å². The Morgan fingerprint density at radius 2 is 1.70 bits per heavy atom. The summed E-state index contributed by atoms with van der Waals surface area (Å²) in [6.07, 6.45) is 0. The molecule has 0 aromatic heterocycles. The van der Waals surface area contributed by atoms with Crippen molar-refractivity contribution in [1.29, 1.82) is 0 Å². The van der Waals surface area contributed by atoms with E-state index in [9.17, 15) is 18.0 Å². The Hall–Kier alpha value is -2.50. The van der Waals surface area contributed by atoms with Crippen molar-refractivity contribution in [2.45, 2.75) is 6.04 Å². The van der Waals surface area contributed by atoms with Gasteiger partial charge >= 0.3 is 0 Å². The molecule has 0 radical (unpaired) electrons. The van der Waals surface area contributed by atoms with Gasteiger partial charge in [0.05, 0.1) is 5.69 Å². The molecule has 1 aliphatic heterocycles. The lowest BCUT2D eigenvalue weighted by molar-refractivity contribution is -0.116. The molecule has 0 saturated heterocycles. The molecule has 20 heavy (non-hydrogen) atoms. The number of hydrogen-bond acceptors (Lipinski definition) is 2. The monoisotopic (exact) mass is 278 g/mol. The molecule has 0 aliphatic carbocycles. The van der Waals surface area contributed by atoms with Crippen LogP contribution in [0.4, 0.5) is 24.5 Å². The van der Waals surface area contributed by atoms with Crippen LogP contribution in [0.2, 0.25) is 0 Å². The number of amides is 1. The van der Waals surface area contributed by atoms with E-state index >= 15 is 0 Å². The lowest BCUT2D eigenvalue weighted by Crippen LogP contribution is -2.20. The molecule has 3 rings (SSSR count). The second-order valence-corrected chi connectivity index (χ2v) is 4.42. The fourth-order valence-corrected chi connectivity index (χ4v) is 2.14. The highest BCUT2D eigenvalue weighted by molar-refractivity contribution is 6.04. The Bertz CT molecular complexity index is 703. The first-order chi connectivity index (χ1) is 9.54. The van der Waals surface area contributed by atoms with Crippen LogP contribution in [-0.2, 0) is 4.79 Å². The molecule has 1 atom stereocenters. The van der Waals surface area contributed by atoms with Gasteiger partial charge in [-0.3, -0.25) is 4.79 Å². The van der Waals surface area contributed by atoms with Gasteiger partial charge < -0.3 is 10.6 Å². The number of fused-ring (bicyclic) bond motifs is 1. The molecule has 0 spiro atoms. The number of nitrogens with one attached hydrogen (secondary N) is 2. The normalized spacial score (nSPS) is 16.8. The molecular weight excluding hydrogens is 269 g/mol. The molecule has 2 aromatic carbocycles. The number of benzene rings is 2. The van der Waals surface area contributed by atoms with Gasteiger partial charge in [-0.2, -0.15) is 0 Å². The van der Waals surface area contributed by atoms with E-state index in [2.05, 4.69) is 10.6 Å². The number of hydrogen-bond donors (Lipinski definition) is 2. The minimum absolute atomic E-state index is 0.00345. The molecule has 0 saturated carbocycles. The van der Waals surface area contributed by atoms with Crippen molar-refractivity contribution in [3.05, 3.63) is 59.4 Å². The van der Waals surface area contributed by atoms with Gasteiger partial charge in [0.1, 0.15) is 23.5 Å². The molecule has 1 aliphatic rings. The van der Waals surface area contributed by atoms with Crippen molar-refractivity contribution >= 4 is 17.3 Å². The van der Waals surface area contributed by atoms with E-state index in [1.807, 2.05) is 0 Å². The van der Waals surface area contributed by atoms with Crippen LogP contribution in [0.5, 0.6) is 0 Å². The zero-order chi connectivity index (χ0) is 14.3. The first-order valence-electron chi connectivity index (χ1n) is 5.86. The minimum atomic E-state index is -0.842. The van der Waals surface area contributed by atoms with Crippen LogP contribution < -0.4 is 10.6 Å². The van der Waals surface area contributed by atoms with E-state index in [0.29, 0.717) is 11.3 Å². The summed E-state index contributed by atoms with van der Waals surface area (Å²) in [6, 6.07) is 6.03. The quantitative estimate of drug-likeness (QED) is 0.885. The second-order valence-electron chi connectivity index (χ2n) is 4.42. The first-order valence-corrected chi connectivity index (χ1v) is 5.86. The van der Waals surface area contributed by atoms with Gasteiger partial charge in [-0.05, 0) is 24.3 Å². The maximum Gasteiger partial charge on any atom is 0.251 e. The van der Waals surface area contributed by atoms with Crippen LogP contribution in [0.15, 0.2) is 36.4 Å². The molecule has 3 nitrogen and oxygen atoms in total. The predicted molar refractivity (Wildman–Crippen MR) is 67.8 cm³/mol. The maximum absolute atomic E-state index is 13.6. The van der Waals surface area contributed by atoms with E-state index in [1.165, 1.54) is 24.3 Å². The molecule has 0 fully saturated rings. The fourth-order valence-electron chi connectivity index (χ4n) is 2.14. The second kappa shape index (κ2) is 4.56.